The van der Waals surface area contributed by atoms with Crippen LogP contribution in [-0.2, 0) is 16.6 Å². The van der Waals surface area contributed by atoms with Gasteiger partial charge in [0, 0.05) is 71.6 Å². The van der Waals surface area contributed by atoms with E-state index >= 15 is 0 Å². The second-order valence-electron chi connectivity index (χ2n) is 13.4. The van der Waals surface area contributed by atoms with Crippen molar-refractivity contribution in [2.45, 2.75) is 28.8 Å². The fourth-order valence-corrected chi connectivity index (χ4v) is 8.94. The summed E-state index contributed by atoms with van der Waals surface area (Å²) in [4.78, 5) is 25.8. The molecule has 1 aromatic heterocycles. The highest BCUT2D eigenvalue weighted by molar-refractivity contribution is 7.99. The number of nitro benzene ring substituents is 1. The minimum Gasteiger partial charge on any atom is -0.376 e. The molecule has 5 aromatic carbocycles. The second kappa shape index (κ2) is 17.7. The Morgan fingerprint density at radius 3 is 2.39 bits per heavy atom. The highest BCUT2D eigenvalue weighted by atomic mass is 35.5. The van der Waals surface area contributed by atoms with E-state index in [1.807, 2.05) is 66.7 Å². The van der Waals surface area contributed by atoms with Gasteiger partial charge in [-0.3, -0.25) is 19.7 Å². The molecule has 0 aliphatic carbocycles. The van der Waals surface area contributed by atoms with Crippen molar-refractivity contribution in [1.29, 1.82) is 0 Å². The van der Waals surface area contributed by atoms with Crippen LogP contribution < -0.4 is 20.7 Å². The van der Waals surface area contributed by atoms with Crippen molar-refractivity contribution < 1.29 is 13.3 Å². The van der Waals surface area contributed by atoms with Gasteiger partial charge in [-0.15, -0.1) is 11.8 Å². The molecule has 1 aliphatic rings. The molecule has 288 valence electrons. The Hall–Kier alpha value is -5.25. The smallest absolute Gasteiger partial charge is 0.293 e. The minimum atomic E-state index is -4.27. The molecule has 12 nitrogen and oxygen atoms in total. The zero-order valence-corrected chi connectivity index (χ0v) is 32.8. The first kappa shape index (κ1) is 39.0. The maximum atomic E-state index is 13.7. The molecule has 6 aromatic rings. The van der Waals surface area contributed by atoms with Crippen LogP contribution in [0.25, 0.3) is 22.0 Å². The Bertz CT molecular complexity index is 2420. The molecule has 0 saturated carbocycles. The van der Waals surface area contributed by atoms with Crippen molar-refractivity contribution in [3.8, 4) is 11.1 Å². The van der Waals surface area contributed by atoms with Gasteiger partial charge in [0.1, 0.15) is 12.0 Å². The van der Waals surface area contributed by atoms with Gasteiger partial charge in [-0.2, -0.15) is 0 Å². The summed E-state index contributed by atoms with van der Waals surface area (Å²) in [5, 5.41) is 16.6. The quantitative estimate of drug-likeness (QED) is 0.0526. The largest absolute Gasteiger partial charge is 0.376 e. The van der Waals surface area contributed by atoms with Crippen LogP contribution in [0, 0.1) is 10.1 Å². The number of hydrogen-bond donors (Lipinski definition) is 3. The lowest BCUT2D eigenvalue weighted by Gasteiger charge is -2.36. The summed E-state index contributed by atoms with van der Waals surface area (Å²) < 4.78 is 29.8. The molecule has 0 amide bonds. The van der Waals surface area contributed by atoms with E-state index < -0.39 is 14.9 Å². The predicted octanol–water partition coefficient (Wildman–Crippen LogP) is 7.90. The number of sulfonamides is 1. The van der Waals surface area contributed by atoms with Crippen LogP contribution in [0.15, 0.2) is 131 Å². The van der Waals surface area contributed by atoms with Gasteiger partial charge in [-0.25, -0.2) is 18.4 Å². The molecule has 0 bridgehead atoms. The van der Waals surface area contributed by atoms with E-state index in [0.29, 0.717) is 34.6 Å². The van der Waals surface area contributed by atoms with Crippen LogP contribution in [0.5, 0.6) is 0 Å². The third-order valence-corrected chi connectivity index (χ3v) is 12.5. The SMILES string of the molecule is NCCC(CSc1ccccc1)Nc1ccc(S(=O)(=O)Nc2ncnc3cc(N4CCN(Cc5ccccc5-c5ccc(Cl)cc5)CC4)ccc23)cc1[N+](=O)[O-]. The van der Waals surface area contributed by atoms with E-state index in [1.54, 1.807) is 17.8 Å². The molecular weight excluding hydrogens is 768 g/mol. The van der Waals surface area contributed by atoms with Crippen LogP contribution in [-0.4, -0.2) is 72.7 Å². The van der Waals surface area contributed by atoms with E-state index in [-0.39, 0.29) is 28.1 Å². The summed E-state index contributed by atoms with van der Waals surface area (Å²) in [5.74, 6) is 0.691. The Balaban J connectivity index is 1.02. The lowest BCUT2D eigenvalue weighted by Crippen LogP contribution is -2.46. The van der Waals surface area contributed by atoms with Gasteiger partial charge in [0.05, 0.1) is 15.3 Å². The number of fused-ring (bicyclic) bond motifs is 1. The Morgan fingerprint density at radius 2 is 1.64 bits per heavy atom. The number of aromatic nitrogens is 2. The van der Waals surface area contributed by atoms with E-state index in [2.05, 4.69) is 54.1 Å². The van der Waals surface area contributed by atoms with E-state index in [1.165, 1.54) is 29.6 Å². The normalized spacial score (nSPS) is 14.1. The number of nitrogens with zero attached hydrogens (tertiary/aromatic N) is 5. The monoisotopic (exact) mass is 808 g/mol. The molecule has 0 radical (unpaired) electrons. The Kier molecular flexibility index (Phi) is 12.3. The molecule has 1 saturated heterocycles. The number of benzene rings is 5. The van der Waals surface area contributed by atoms with Crippen LogP contribution in [0.3, 0.4) is 0 Å². The van der Waals surface area contributed by atoms with Crippen molar-refractivity contribution >= 4 is 67.2 Å². The fraction of sp³-hybridized carbons (Fsp3) is 0.220. The molecule has 2 heterocycles. The summed E-state index contributed by atoms with van der Waals surface area (Å²) in [5.41, 5.74) is 10.8. The number of nitrogens with one attached hydrogen (secondary N) is 2. The number of piperazine rings is 1. The highest BCUT2D eigenvalue weighted by Gasteiger charge is 2.25. The standard InChI is InChI=1S/C41H41ClN8O4S2/c42-31-12-10-29(11-13-31)36-9-5-4-6-30(36)26-48-20-22-49(23-21-48)33-14-16-37-39(24-33)44-28-45-41(37)47-56(53,54)35-15-17-38(40(25-35)50(51)52)46-32(18-19-43)27-55-34-7-2-1-3-8-34/h1-17,24-25,28,32,46H,18-23,26-27,43H2,(H,44,45,47). The molecule has 1 unspecified atom stereocenters. The van der Waals surface area contributed by atoms with Crippen LogP contribution in [0.4, 0.5) is 22.9 Å². The van der Waals surface area contributed by atoms with Gasteiger partial charge in [0.2, 0.25) is 0 Å². The van der Waals surface area contributed by atoms with Crippen molar-refractivity contribution in [3.05, 3.63) is 142 Å². The first-order valence-corrected chi connectivity index (χ1v) is 21.0. The lowest BCUT2D eigenvalue weighted by atomic mass is 9.99. The number of hydrogen-bond acceptors (Lipinski definition) is 11. The molecule has 15 heteroatoms. The molecule has 1 aliphatic heterocycles. The van der Waals surface area contributed by atoms with Crippen molar-refractivity contribution in [3.63, 3.8) is 0 Å². The molecule has 1 fully saturated rings. The maximum absolute atomic E-state index is 13.7. The van der Waals surface area contributed by atoms with Crippen molar-refractivity contribution in [2.75, 3.05) is 53.4 Å². The average molecular weight is 809 g/mol. The molecule has 56 heavy (non-hydrogen) atoms. The second-order valence-corrected chi connectivity index (χ2v) is 16.6. The average Bonchev–Trinajstić information content (AvgIpc) is 3.21. The van der Waals surface area contributed by atoms with Gasteiger partial charge < -0.3 is 16.0 Å². The Labute approximate surface area is 335 Å². The first-order valence-electron chi connectivity index (χ1n) is 18.2. The number of thioether (sulfide) groups is 1. The molecule has 1 atom stereocenters. The van der Waals surface area contributed by atoms with E-state index in [0.717, 1.165) is 54.9 Å². The number of nitro groups is 1. The summed E-state index contributed by atoms with van der Waals surface area (Å²) in [6.07, 6.45) is 1.87. The number of rotatable bonds is 15. The van der Waals surface area contributed by atoms with Gasteiger partial charge >= 0.3 is 0 Å². The number of anilines is 3. The van der Waals surface area contributed by atoms with Crippen LogP contribution >= 0.6 is 23.4 Å². The van der Waals surface area contributed by atoms with Gasteiger partial charge in [-0.1, -0.05) is 66.2 Å². The summed E-state index contributed by atoms with van der Waals surface area (Å²) in [6, 6.07) is 35.5. The lowest BCUT2D eigenvalue weighted by molar-refractivity contribution is -0.384. The molecule has 4 N–H and O–H groups in total. The predicted molar refractivity (Wildman–Crippen MR) is 226 cm³/mol. The van der Waals surface area contributed by atoms with Gasteiger partial charge in [-0.05, 0) is 84.3 Å². The third kappa shape index (κ3) is 9.40. The summed E-state index contributed by atoms with van der Waals surface area (Å²) in [7, 11) is -4.27. The third-order valence-electron chi connectivity index (χ3n) is 9.70. The van der Waals surface area contributed by atoms with Crippen LogP contribution in [0.2, 0.25) is 5.02 Å². The zero-order chi connectivity index (χ0) is 39.1. The summed E-state index contributed by atoms with van der Waals surface area (Å²) in [6.45, 7) is 4.55. The van der Waals surface area contributed by atoms with E-state index in [9.17, 15) is 18.5 Å². The molecule has 0 spiro atoms. The highest BCUT2D eigenvalue weighted by Crippen LogP contribution is 2.33. The summed E-state index contributed by atoms with van der Waals surface area (Å²) >= 11 is 7.74. The molecular formula is C41H41ClN8O4S2. The van der Waals surface area contributed by atoms with Crippen molar-refractivity contribution in [1.82, 2.24) is 14.9 Å². The fourth-order valence-electron chi connectivity index (χ4n) is 6.77. The van der Waals surface area contributed by atoms with Crippen LogP contribution in [0.1, 0.15) is 12.0 Å². The topological polar surface area (TPSA) is 160 Å². The number of nitrogens with two attached hydrogens (primary N) is 1. The number of halogens is 1. The first-order chi connectivity index (χ1) is 27.2. The Morgan fingerprint density at radius 1 is 0.893 bits per heavy atom. The van der Waals surface area contributed by atoms with Gasteiger partial charge in [0.15, 0.2) is 5.82 Å². The van der Waals surface area contributed by atoms with Crippen molar-refractivity contribution in [2.24, 2.45) is 5.73 Å². The molecule has 7 rings (SSSR count). The minimum absolute atomic E-state index is 0.0801. The zero-order valence-electron chi connectivity index (χ0n) is 30.4. The van der Waals surface area contributed by atoms with E-state index in [4.69, 9.17) is 17.3 Å². The maximum Gasteiger partial charge on any atom is 0.293 e. The van der Waals surface area contributed by atoms with Gasteiger partial charge in [0.25, 0.3) is 15.7 Å².